The molecule has 0 amide bonds. The van der Waals surface area contributed by atoms with Crippen LogP contribution in [0, 0.1) is 0 Å². The average Bonchev–Trinajstić information content (AvgIpc) is 3.14. The van der Waals surface area contributed by atoms with Gasteiger partial charge in [0.25, 0.3) is 5.56 Å². The summed E-state index contributed by atoms with van der Waals surface area (Å²) >= 11 is 1.44. The van der Waals surface area contributed by atoms with Gasteiger partial charge in [-0.2, -0.15) is 0 Å². The van der Waals surface area contributed by atoms with Crippen molar-refractivity contribution in [1.29, 1.82) is 0 Å². The molecule has 0 N–H and O–H groups in total. The van der Waals surface area contributed by atoms with Crippen LogP contribution in [-0.2, 0) is 0 Å². The van der Waals surface area contributed by atoms with Crippen molar-refractivity contribution >= 4 is 27.3 Å². The first kappa shape index (κ1) is 16.4. The number of carbonyl (C=O) groups is 1. The van der Waals surface area contributed by atoms with Gasteiger partial charge >= 0.3 is 0 Å². The Balaban J connectivity index is 1.83. The average molecular weight is 360 g/mol. The first-order valence-electron chi connectivity index (χ1n) is 8.30. The third-order valence-corrected chi connectivity index (χ3v) is 5.35. The molecule has 128 valence electrons. The van der Waals surface area contributed by atoms with Crippen molar-refractivity contribution in [3.05, 3.63) is 88.3 Å². The molecule has 0 spiro atoms. The lowest BCUT2D eigenvalue weighted by Gasteiger charge is -2.14. The van der Waals surface area contributed by atoms with Crippen LogP contribution in [-0.4, -0.2) is 15.3 Å². The third kappa shape index (κ3) is 2.76. The van der Waals surface area contributed by atoms with E-state index in [1.54, 1.807) is 19.1 Å². The van der Waals surface area contributed by atoms with Crippen LogP contribution in [0.3, 0.4) is 0 Å². The molecule has 2 aromatic carbocycles. The monoisotopic (exact) mass is 360 g/mol. The standard InChI is InChI=1S/C21H16N2O2S/c1-14(19(24)16-10-6-3-7-11-16)23-13-22-20-18(21(23)25)17(12-26-20)15-8-4-2-5-9-15/h2-14H,1H3. The van der Waals surface area contributed by atoms with E-state index in [-0.39, 0.29) is 11.3 Å². The zero-order chi connectivity index (χ0) is 18.1. The fourth-order valence-electron chi connectivity index (χ4n) is 3.02. The molecule has 0 aliphatic heterocycles. The fraction of sp³-hybridized carbons (Fsp3) is 0.0952. The van der Waals surface area contributed by atoms with Crippen LogP contribution in [0.25, 0.3) is 21.3 Å². The van der Waals surface area contributed by atoms with E-state index >= 15 is 0 Å². The van der Waals surface area contributed by atoms with Crippen molar-refractivity contribution < 1.29 is 4.79 Å². The second-order valence-corrected chi connectivity index (χ2v) is 6.92. The zero-order valence-electron chi connectivity index (χ0n) is 14.1. The van der Waals surface area contributed by atoms with E-state index in [0.717, 1.165) is 11.1 Å². The molecule has 2 heterocycles. The summed E-state index contributed by atoms with van der Waals surface area (Å²) in [5.41, 5.74) is 2.22. The highest BCUT2D eigenvalue weighted by Crippen LogP contribution is 2.30. The molecular formula is C21H16N2O2S. The van der Waals surface area contributed by atoms with Gasteiger partial charge in [-0.3, -0.25) is 14.2 Å². The number of thiophene rings is 1. The molecule has 4 rings (SSSR count). The number of Topliss-reactive ketones (excluding diaryl/α,β-unsaturated/α-hetero) is 1. The minimum absolute atomic E-state index is 0.106. The molecular weight excluding hydrogens is 344 g/mol. The van der Waals surface area contributed by atoms with Gasteiger partial charge in [0, 0.05) is 16.5 Å². The summed E-state index contributed by atoms with van der Waals surface area (Å²) in [5, 5.41) is 2.51. The largest absolute Gasteiger partial charge is 0.292 e. The van der Waals surface area contributed by atoms with Crippen molar-refractivity contribution in [1.82, 2.24) is 9.55 Å². The predicted octanol–water partition coefficient (Wildman–Crippen LogP) is 4.57. The maximum Gasteiger partial charge on any atom is 0.263 e. The molecule has 0 fully saturated rings. The van der Waals surface area contributed by atoms with E-state index in [4.69, 9.17) is 0 Å². The quantitative estimate of drug-likeness (QED) is 0.501. The summed E-state index contributed by atoms with van der Waals surface area (Å²) in [4.78, 5) is 31.0. The molecule has 1 atom stereocenters. The molecule has 0 aliphatic rings. The Morgan fingerprint density at radius 2 is 1.69 bits per heavy atom. The molecule has 1 unspecified atom stereocenters. The van der Waals surface area contributed by atoms with Gasteiger partial charge < -0.3 is 0 Å². The number of hydrogen-bond acceptors (Lipinski definition) is 4. The number of fused-ring (bicyclic) bond motifs is 1. The normalized spacial score (nSPS) is 12.2. The molecule has 0 aliphatic carbocycles. The molecule has 0 saturated carbocycles. The van der Waals surface area contributed by atoms with Crippen LogP contribution in [0.5, 0.6) is 0 Å². The molecule has 2 aromatic heterocycles. The molecule has 4 nitrogen and oxygen atoms in total. The Labute approximate surface area is 154 Å². The zero-order valence-corrected chi connectivity index (χ0v) is 14.9. The lowest BCUT2D eigenvalue weighted by Crippen LogP contribution is -2.28. The van der Waals surface area contributed by atoms with Crippen LogP contribution in [0.4, 0.5) is 0 Å². The first-order valence-corrected chi connectivity index (χ1v) is 9.18. The van der Waals surface area contributed by atoms with E-state index in [0.29, 0.717) is 15.8 Å². The first-order chi connectivity index (χ1) is 12.7. The lowest BCUT2D eigenvalue weighted by atomic mass is 10.0. The van der Waals surface area contributed by atoms with Gasteiger partial charge in [0.1, 0.15) is 4.83 Å². The number of nitrogens with zero attached hydrogens (tertiary/aromatic N) is 2. The fourth-order valence-corrected chi connectivity index (χ4v) is 3.93. The van der Waals surface area contributed by atoms with Crippen LogP contribution < -0.4 is 5.56 Å². The predicted molar refractivity (Wildman–Crippen MR) is 105 cm³/mol. The molecule has 0 saturated heterocycles. The Morgan fingerprint density at radius 1 is 1.04 bits per heavy atom. The van der Waals surface area contributed by atoms with Crippen molar-refractivity contribution in [3.63, 3.8) is 0 Å². The van der Waals surface area contributed by atoms with Crippen LogP contribution in [0.1, 0.15) is 23.3 Å². The molecule has 4 aromatic rings. The number of rotatable bonds is 4. The number of ketones is 1. The van der Waals surface area contributed by atoms with E-state index in [1.165, 1.54) is 22.2 Å². The Kier molecular flexibility index (Phi) is 4.22. The van der Waals surface area contributed by atoms with Gasteiger partial charge in [0.2, 0.25) is 0 Å². The number of carbonyl (C=O) groups excluding carboxylic acids is 1. The van der Waals surface area contributed by atoms with Crippen molar-refractivity contribution in [2.24, 2.45) is 0 Å². The van der Waals surface area contributed by atoms with Crippen LogP contribution in [0.15, 0.2) is 77.2 Å². The Morgan fingerprint density at radius 3 is 2.38 bits per heavy atom. The molecule has 26 heavy (non-hydrogen) atoms. The SMILES string of the molecule is CC(C(=O)c1ccccc1)n1cnc2scc(-c3ccccc3)c2c1=O. The van der Waals surface area contributed by atoms with E-state index in [9.17, 15) is 9.59 Å². The Hall–Kier alpha value is -3.05. The third-order valence-electron chi connectivity index (χ3n) is 4.46. The maximum absolute atomic E-state index is 13.1. The lowest BCUT2D eigenvalue weighted by molar-refractivity contribution is 0.0932. The minimum Gasteiger partial charge on any atom is -0.292 e. The molecule has 0 bridgehead atoms. The van der Waals surface area contributed by atoms with Gasteiger partial charge in [-0.1, -0.05) is 60.7 Å². The summed E-state index contributed by atoms with van der Waals surface area (Å²) < 4.78 is 1.43. The molecule has 0 radical (unpaired) electrons. The highest BCUT2D eigenvalue weighted by molar-refractivity contribution is 7.17. The van der Waals surface area contributed by atoms with Crippen LogP contribution >= 0.6 is 11.3 Å². The van der Waals surface area contributed by atoms with Crippen molar-refractivity contribution in [2.75, 3.05) is 0 Å². The van der Waals surface area contributed by atoms with E-state index in [1.807, 2.05) is 53.9 Å². The second-order valence-electron chi connectivity index (χ2n) is 6.06. The van der Waals surface area contributed by atoms with E-state index in [2.05, 4.69) is 4.98 Å². The second kappa shape index (κ2) is 6.69. The van der Waals surface area contributed by atoms with Crippen molar-refractivity contribution in [3.8, 4) is 11.1 Å². The van der Waals surface area contributed by atoms with Gasteiger partial charge in [-0.05, 0) is 12.5 Å². The van der Waals surface area contributed by atoms with Crippen molar-refractivity contribution in [2.45, 2.75) is 13.0 Å². The van der Waals surface area contributed by atoms with Crippen LogP contribution in [0.2, 0.25) is 0 Å². The summed E-state index contributed by atoms with van der Waals surface area (Å²) in [7, 11) is 0. The minimum atomic E-state index is -0.620. The summed E-state index contributed by atoms with van der Waals surface area (Å²) in [6.45, 7) is 1.73. The van der Waals surface area contributed by atoms with Gasteiger partial charge in [-0.25, -0.2) is 4.98 Å². The summed E-state index contributed by atoms with van der Waals surface area (Å²) in [5.74, 6) is -0.106. The van der Waals surface area contributed by atoms with Gasteiger partial charge in [-0.15, -0.1) is 11.3 Å². The molecule has 5 heteroatoms. The van der Waals surface area contributed by atoms with Gasteiger partial charge in [0.05, 0.1) is 17.8 Å². The maximum atomic E-state index is 13.1. The van der Waals surface area contributed by atoms with E-state index < -0.39 is 6.04 Å². The topological polar surface area (TPSA) is 52.0 Å². The highest BCUT2D eigenvalue weighted by Gasteiger charge is 2.21. The Bertz CT molecular complexity index is 1130. The van der Waals surface area contributed by atoms with Gasteiger partial charge in [0.15, 0.2) is 5.78 Å². The number of aromatic nitrogens is 2. The number of benzene rings is 2. The summed E-state index contributed by atoms with van der Waals surface area (Å²) in [6.07, 6.45) is 1.47. The highest BCUT2D eigenvalue weighted by atomic mass is 32.1. The summed E-state index contributed by atoms with van der Waals surface area (Å²) in [6, 6.07) is 18.1. The smallest absolute Gasteiger partial charge is 0.263 e. The number of hydrogen-bond donors (Lipinski definition) is 0.